The van der Waals surface area contributed by atoms with Crippen molar-refractivity contribution in [2.45, 2.75) is 6.92 Å². The van der Waals surface area contributed by atoms with Gasteiger partial charge >= 0.3 is 0 Å². The lowest BCUT2D eigenvalue weighted by Gasteiger charge is -2.03. The minimum absolute atomic E-state index is 0.227. The number of nitrogens with zero attached hydrogens (tertiary/aromatic N) is 1. The van der Waals surface area contributed by atoms with E-state index in [9.17, 15) is 4.79 Å². The lowest BCUT2D eigenvalue weighted by molar-refractivity contribution is -0.111. The van der Waals surface area contributed by atoms with Crippen LogP contribution in [0.15, 0.2) is 42.6 Å². The van der Waals surface area contributed by atoms with E-state index in [4.69, 9.17) is 9.47 Å². The van der Waals surface area contributed by atoms with Crippen LogP contribution in [0.25, 0.3) is 6.08 Å². The van der Waals surface area contributed by atoms with Gasteiger partial charge in [0.25, 0.3) is 0 Å². The molecule has 0 fully saturated rings. The van der Waals surface area contributed by atoms with Crippen LogP contribution in [0.2, 0.25) is 0 Å². The van der Waals surface area contributed by atoms with Crippen LogP contribution in [0, 0.1) is 6.92 Å². The summed E-state index contributed by atoms with van der Waals surface area (Å²) >= 11 is 0. The van der Waals surface area contributed by atoms with Gasteiger partial charge in [0.1, 0.15) is 5.82 Å². The first-order chi connectivity index (χ1) is 10.2. The van der Waals surface area contributed by atoms with Crippen LogP contribution in [0.5, 0.6) is 11.5 Å². The monoisotopic (exact) mass is 282 g/mol. The van der Waals surface area contributed by atoms with Crippen molar-refractivity contribution in [1.29, 1.82) is 0 Å². The van der Waals surface area contributed by atoms with Gasteiger partial charge in [0.15, 0.2) is 11.5 Å². The third kappa shape index (κ3) is 3.02. The van der Waals surface area contributed by atoms with Crippen LogP contribution in [0.1, 0.15) is 11.1 Å². The molecule has 0 unspecified atom stereocenters. The number of carbonyl (C=O) groups excluding carboxylic acids is 1. The van der Waals surface area contributed by atoms with Crippen LogP contribution >= 0.6 is 0 Å². The minimum Gasteiger partial charge on any atom is -0.454 e. The van der Waals surface area contributed by atoms with E-state index < -0.39 is 0 Å². The first-order valence-corrected chi connectivity index (χ1v) is 6.53. The number of benzene rings is 1. The van der Waals surface area contributed by atoms with Crippen LogP contribution in [-0.4, -0.2) is 17.7 Å². The van der Waals surface area contributed by atoms with Gasteiger partial charge in [-0.15, -0.1) is 0 Å². The normalized spacial score (nSPS) is 12.6. The molecule has 5 heteroatoms. The van der Waals surface area contributed by atoms with Gasteiger partial charge in [-0.3, -0.25) is 4.79 Å². The number of pyridine rings is 1. The Bertz CT molecular complexity index is 710. The molecule has 2 aromatic rings. The molecular formula is C16H14N2O3. The van der Waals surface area contributed by atoms with E-state index in [1.807, 2.05) is 37.3 Å². The highest BCUT2D eigenvalue weighted by Crippen LogP contribution is 2.32. The van der Waals surface area contributed by atoms with Gasteiger partial charge in [-0.25, -0.2) is 4.98 Å². The second-order valence-electron chi connectivity index (χ2n) is 4.60. The summed E-state index contributed by atoms with van der Waals surface area (Å²) in [6.45, 7) is 2.13. The molecule has 0 aliphatic carbocycles. The quantitative estimate of drug-likeness (QED) is 0.879. The number of hydrogen-bond donors (Lipinski definition) is 1. The number of fused-ring (bicyclic) bond motifs is 1. The number of rotatable bonds is 3. The van der Waals surface area contributed by atoms with E-state index in [1.54, 1.807) is 12.3 Å². The molecule has 0 saturated carbocycles. The maximum absolute atomic E-state index is 11.9. The first kappa shape index (κ1) is 13.2. The predicted molar refractivity (Wildman–Crippen MR) is 79.2 cm³/mol. The van der Waals surface area contributed by atoms with E-state index >= 15 is 0 Å². The molecule has 1 amide bonds. The lowest BCUT2D eigenvalue weighted by atomic mass is 10.2. The van der Waals surface area contributed by atoms with Gasteiger partial charge in [0.05, 0.1) is 0 Å². The summed E-state index contributed by atoms with van der Waals surface area (Å²) in [4.78, 5) is 16.0. The van der Waals surface area contributed by atoms with E-state index in [2.05, 4.69) is 10.3 Å². The third-order valence-corrected chi connectivity index (χ3v) is 3.07. The highest BCUT2D eigenvalue weighted by molar-refractivity contribution is 6.01. The summed E-state index contributed by atoms with van der Waals surface area (Å²) < 4.78 is 10.5. The Morgan fingerprint density at radius 2 is 2.14 bits per heavy atom. The van der Waals surface area contributed by atoms with Gasteiger partial charge in [0, 0.05) is 12.3 Å². The number of amides is 1. The van der Waals surface area contributed by atoms with E-state index in [-0.39, 0.29) is 12.7 Å². The van der Waals surface area contributed by atoms with Gasteiger partial charge in [-0.05, 0) is 42.3 Å². The van der Waals surface area contributed by atoms with E-state index in [0.717, 1.165) is 16.9 Å². The van der Waals surface area contributed by atoms with Gasteiger partial charge in [-0.2, -0.15) is 0 Å². The highest BCUT2D eigenvalue weighted by Gasteiger charge is 2.12. The number of nitrogens with one attached hydrogen (secondary N) is 1. The zero-order chi connectivity index (χ0) is 14.7. The maximum Gasteiger partial charge on any atom is 0.249 e. The molecule has 1 aromatic heterocycles. The first-order valence-electron chi connectivity index (χ1n) is 6.53. The second kappa shape index (κ2) is 5.66. The lowest BCUT2D eigenvalue weighted by Crippen LogP contribution is -2.10. The average Bonchev–Trinajstić information content (AvgIpc) is 2.95. The molecule has 3 rings (SSSR count). The Balaban J connectivity index is 1.68. The van der Waals surface area contributed by atoms with Crippen LogP contribution in [0.3, 0.4) is 0 Å². The van der Waals surface area contributed by atoms with Gasteiger partial charge in [0.2, 0.25) is 12.7 Å². The summed E-state index contributed by atoms with van der Waals surface area (Å²) in [5, 5.41) is 2.74. The Labute approximate surface area is 122 Å². The smallest absolute Gasteiger partial charge is 0.249 e. The van der Waals surface area contributed by atoms with E-state index in [0.29, 0.717) is 11.6 Å². The molecule has 0 bridgehead atoms. The minimum atomic E-state index is -0.227. The molecule has 106 valence electrons. The second-order valence-corrected chi connectivity index (χ2v) is 4.60. The van der Waals surface area contributed by atoms with Crippen LogP contribution < -0.4 is 14.8 Å². The number of hydrogen-bond acceptors (Lipinski definition) is 4. The molecular weight excluding hydrogens is 268 g/mol. The van der Waals surface area contributed by atoms with Crippen LogP contribution in [-0.2, 0) is 4.79 Å². The molecule has 1 N–H and O–H groups in total. The third-order valence-electron chi connectivity index (χ3n) is 3.07. The molecule has 1 aromatic carbocycles. The summed E-state index contributed by atoms with van der Waals surface area (Å²) in [6, 6.07) is 9.24. The fraction of sp³-hybridized carbons (Fsp3) is 0.125. The molecule has 1 aliphatic rings. The largest absolute Gasteiger partial charge is 0.454 e. The van der Waals surface area contributed by atoms with Crippen molar-refractivity contribution in [1.82, 2.24) is 4.98 Å². The summed E-state index contributed by atoms with van der Waals surface area (Å²) in [7, 11) is 0. The number of aromatic nitrogens is 1. The van der Waals surface area contributed by atoms with Crippen molar-refractivity contribution in [3.05, 3.63) is 53.7 Å². The van der Waals surface area contributed by atoms with Crippen LogP contribution in [0.4, 0.5) is 5.82 Å². The zero-order valence-corrected chi connectivity index (χ0v) is 11.5. The SMILES string of the molecule is Cc1cccnc1NC(=O)/C=C\c1ccc2c(c1)OCO2. The standard InChI is InChI=1S/C16H14N2O3/c1-11-3-2-8-17-16(11)18-15(19)7-5-12-4-6-13-14(9-12)21-10-20-13/h2-9H,10H2,1H3,(H,17,18,19)/b7-5-. The highest BCUT2D eigenvalue weighted by atomic mass is 16.7. The van der Waals surface area contributed by atoms with E-state index in [1.165, 1.54) is 6.08 Å². The maximum atomic E-state index is 11.9. The average molecular weight is 282 g/mol. The molecule has 0 radical (unpaired) electrons. The Morgan fingerprint density at radius 3 is 3.00 bits per heavy atom. The fourth-order valence-corrected chi connectivity index (χ4v) is 1.96. The summed E-state index contributed by atoms with van der Waals surface area (Å²) in [5.41, 5.74) is 1.79. The Morgan fingerprint density at radius 1 is 1.29 bits per heavy atom. The molecule has 5 nitrogen and oxygen atoms in total. The summed E-state index contributed by atoms with van der Waals surface area (Å²) in [6.07, 6.45) is 4.82. The Kier molecular flexibility index (Phi) is 3.55. The molecule has 0 saturated heterocycles. The van der Waals surface area contributed by atoms with Gasteiger partial charge < -0.3 is 14.8 Å². The fourth-order valence-electron chi connectivity index (χ4n) is 1.96. The topological polar surface area (TPSA) is 60.5 Å². The van der Waals surface area contributed by atoms with Gasteiger partial charge in [-0.1, -0.05) is 12.1 Å². The predicted octanol–water partition coefficient (Wildman–Crippen LogP) is 2.77. The number of anilines is 1. The zero-order valence-electron chi connectivity index (χ0n) is 11.5. The van der Waals surface area contributed by atoms with Crippen molar-refractivity contribution >= 4 is 17.8 Å². The van der Waals surface area contributed by atoms with Crippen molar-refractivity contribution in [2.24, 2.45) is 0 Å². The molecule has 1 aliphatic heterocycles. The molecule has 0 atom stereocenters. The molecule has 0 spiro atoms. The number of carbonyl (C=O) groups is 1. The van der Waals surface area contributed by atoms with Crippen molar-refractivity contribution in [2.75, 3.05) is 12.1 Å². The Hall–Kier alpha value is -2.82. The number of aryl methyl sites for hydroxylation is 1. The number of ether oxygens (including phenoxy) is 2. The van der Waals surface area contributed by atoms with Crippen molar-refractivity contribution < 1.29 is 14.3 Å². The molecule has 21 heavy (non-hydrogen) atoms. The molecule has 2 heterocycles. The summed E-state index contributed by atoms with van der Waals surface area (Å²) in [5.74, 6) is 1.76. The van der Waals surface area contributed by atoms with Crippen molar-refractivity contribution in [3.8, 4) is 11.5 Å². The van der Waals surface area contributed by atoms with Crippen molar-refractivity contribution in [3.63, 3.8) is 0 Å².